The molecule has 2 nitrogen and oxygen atoms in total. The van der Waals surface area contributed by atoms with E-state index in [4.69, 9.17) is 16.0 Å². The fraction of sp³-hybridized carbons (Fsp3) is 0.125. The summed E-state index contributed by atoms with van der Waals surface area (Å²) in [7, 11) is 0. The molecule has 1 N–H and O–H groups in total. The summed E-state index contributed by atoms with van der Waals surface area (Å²) in [6.45, 7) is 1.43. The first-order valence-corrected chi connectivity index (χ1v) is 6.62. The smallest absolute Gasteiger partial charge is 0.134 e. The third kappa shape index (κ3) is 2.80. The third-order valence-electron chi connectivity index (χ3n) is 3.05. The average molecular weight is 272 g/mol. The minimum Gasteiger partial charge on any atom is -0.460 e. The van der Waals surface area contributed by atoms with Crippen LogP contribution in [0.4, 0.5) is 0 Å². The molecule has 0 aliphatic heterocycles. The van der Waals surface area contributed by atoms with Gasteiger partial charge in [0.25, 0.3) is 0 Å². The van der Waals surface area contributed by atoms with Crippen molar-refractivity contribution in [3.63, 3.8) is 0 Å². The lowest BCUT2D eigenvalue weighted by Gasteiger charge is -2.04. The first-order valence-electron chi connectivity index (χ1n) is 6.24. The maximum Gasteiger partial charge on any atom is 0.134 e. The Kier molecular flexibility index (Phi) is 3.53. The van der Waals surface area contributed by atoms with Crippen LogP contribution in [0.1, 0.15) is 11.3 Å². The Hall–Kier alpha value is -1.77. The van der Waals surface area contributed by atoms with Gasteiger partial charge in [-0.05, 0) is 23.8 Å². The number of hydrogen-bond donors (Lipinski definition) is 1. The molecular formula is C16H14ClNO. The van der Waals surface area contributed by atoms with Crippen molar-refractivity contribution in [2.45, 2.75) is 13.1 Å². The van der Waals surface area contributed by atoms with E-state index >= 15 is 0 Å². The molecule has 0 saturated carbocycles. The predicted octanol–water partition coefficient (Wildman–Crippen LogP) is 4.38. The lowest BCUT2D eigenvalue weighted by molar-refractivity contribution is 0.514. The quantitative estimate of drug-likeness (QED) is 0.762. The van der Waals surface area contributed by atoms with Crippen molar-refractivity contribution in [1.29, 1.82) is 0 Å². The topological polar surface area (TPSA) is 25.2 Å². The van der Waals surface area contributed by atoms with E-state index in [0.29, 0.717) is 6.54 Å². The first kappa shape index (κ1) is 12.3. The summed E-state index contributed by atoms with van der Waals surface area (Å²) in [5.41, 5.74) is 2.03. The van der Waals surface area contributed by atoms with Crippen LogP contribution in [0, 0.1) is 0 Å². The van der Waals surface area contributed by atoms with Gasteiger partial charge >= 0.3 is 0 Å². The molecule has 0 aliphatic carbocycles. The third-order valence-corrected chi connectivity index (χ3v) is 3.42. The number of nitrogens with one attached hydrogen (secondary N) is 1. The van der Waals surface area contributed by atoms with Crippen molar-refractivity contribution in [2.24, 2.45) is 0 Å². The van der Waals surface area contributed by atoms with Crippen LogP contribution in [0.25, 0.3) is 11.0 Å². The summed E-state index contributed by atoms with van der Waals surface area (Å²) in [6.07, 6.45) is 0. The molecular weight excluding hydrogens is 258 g/mol. The van der Waals surface area contributed by atoms with Gasteiger partial charge in [0.05, 0.1) is 6.54 Å². The monoisotopic (exact) mass is 271 g/mol. The van der Waals surface area contributed by atoms with Crippen molar-refractivity contribution >= 4 is 22.6 Å². The number of para-hydroxylation sites is 1. The van der Waals surface area contributed by atoms with Gasteiger partial charge in [-0.2, -0.15) is 0 Å². The van der Waals surface area contributed by atoms with Crippen molar-refractivity contribution in [3.8, 4) is 0 Å². The standard InChI is InChI=1S/C16H14ClNO/c17-15-7-3-1-6-13(15)10-18-11-14-9-12-5-2-4-8-16(12)19-14/h1-9,18H,10-11H2. The molecule has 3 heteroatoms. The van der Waals surface area contributed by atoms with Gasteiger partial charge in [-0.1, -0.05) is 48.0 Å². The Morgan fingerprint density at radius 1 is 0.947 bits per heavy atom. The SMILES string of the molecule is Clc1ccccc1CNCc1cc2ccccc2o1. The van der Waals surface area contributed by atoms with E-state index in [1.807, 2.05) is 42.5 Å². The van der Waals surface area contributed by atoms with Crippen LogP contribution in [-0.2, 0) is 13.1 Å². The highest BCUT2D eigenvalue weighted by Crippen LogP contribution is 2.19. The average Bonchev–Trinajstić information content (AvgIpc) is 2.83. The summed E-state index contributed by atoms with van der Waals surface area (Å²) in [4.78, 5) is 0. The van der Waals surface area contributed by atoms with Crippen LogP contribution in [-0.4, -0.2) is 0 Å². The molecule has 0 fully saturated rings. The van der Waals surface area contributed by atoms with Crippen molar-refractivity contribution in [2.75, 3.05) is 0 Å². The number of rotatable bonds is 4. The molecule has 19 heavy (non-hydrogen) atoms. The highest BCUT2D eigenvalue weighted by Gasteiger charge is 2.03. The van der Waals surface area contributed by atoms with Gasteiger partial charge in [0, 0.05) is 17.0 Å². The van der Waals surface area contributed by atoms with Gasteiger partial charge in [-0.15, -0.1) is 0 Å². The highest BCUT2D eigenvalue weighted by molar-refractivity contribution is 6.31. The molecule has 0 bridgehead atoms. The Bertz CT molecular complexity index is 657. The van der Waals surface area contributed by atoms with Crippen LogP contribution in [0.5, 0.6) is 0 Å². The number of furan rings is 1. The second-order valence-corrected chi connectivity index (χ2v) is 4.85. The maximum atomic E-state index is 6.11. The van der Waals surface area contributed by atoms with Gasteiger partial charge in [0.2, 0.25) is 0 Å². The fourth-order valence-electron chi connectivity index (χ4n) is 2.09. The lowest BCUT2D eigenvalue weighted by Crippen LogP contribution is -2.12. The molecule has 0 unspecified atom stereocenters. The summed E-state index contributed by atoms with van der Waals surface area (Å²) in [5.74, 6) is 0.938. The zero-order valence-electron chi connectivity index (χ0n) is 10.4. The van der Waals surface area contributed by atoms with E-state index < -0.39 is 0 Å². The van der Waals surface area contributed by atoms with Crippen LogP contribution >= 0.6 is 11.6 Å². The molecule has 1 heterocycles. The van der Waals surface area contributed by atoms with E-state index in [1.54, 1.807) is 0 Å². The van der Waals surface area contributed by atoms with Crippen molar-refractivity contribution < 1.29 is 4.42 Å². The number of halogens is 1. The minimum atomic E-state index is 0.694. The molecule has 3 aromatic rings. The van der Waals surface area contributed by atoms with Gasteiger partial charge in [0.15, 0.2) is 0 Å². The summed E-state index contributed by atoms with van der Waals surface area (Å²) in [6, 6.07) is 17.9. The van der Waals surface area contributed by atoms with Crippen LogP contribution < -0.4 is 5.32 Å². The molecule has 0 amide bonds. The number of hydrogen-bond acceptors (Lipinski definition) is 2. The maximum absolute atomic E-state index is 6.11. The zero-order chi connectivity index (χ0) is 13.1. The van der Waals surface area contributed by atoms with Crippen molar-refractivity contribution in [3.05, 3.63) is 70.9 Å². The number of fused-ring (bicyclic) bond motifs is 1. The Morgan fingerprint density at radius 2 is 1.74 bits per heavy atom. The van der Waals surface area contributed by atoms with E-state index in [0.717, 1.165) is 33.9 Å². The van der Waals surface area contributed by atoms with E-state index in [-0.39, 0.29) is 0 Å². The second kappa shape index (κ2) is 5.47. The summed E-state index contributed by atoms with van der Waals surface area (Å²) >= 11 is 6.11. The van der Waals surface area contributed by atoms with Crippen LogP contribution in [0.2, 0.25) is 5.02 Å². The fourth-order valence-corrected chi connectivity index (χ4v) is 2.29. The molecule has 0 atom stereocenters. The van der Waals surface area contributed by atoms with E-state index in [2.05, 4.69) is 17.4 Å². The predicted molar refractivity (Wildman–Crippen MR) is 78.2 cm³/mol. The van der Waals surface area contributed by atoms with E-state index in [1.165, 1.54) is 0 Å². The molecule has 1 aromatic heterocycles. The first-order chi connectivity index (χ1) is 9.33. The van der Waals surface area contributed by atoms with Crippen LogP contribution in [0.3, 0.4) is 0 Å². The largest absolute Gasteiger partial charge is 0.460 e. The van der Waals surface area contributed by atoms with Crippen LogP contribution in [0.15, 0.2) is 59.0 Å². The molecule has 0 spiro atoms. The normalized spacial score (nSPS) is 11.0. The molecule has 3 rings (SSSR count). The summed E-state index contributed by atoms with van der Waals surface area (Å²) < 4.78 is 5.74. The Morgan fingerprint density at radius 3 is 2.58 bits per heavy atom. The highest BCUT2D eigenvalue weighted by atomic mass is 35.5. The second-order valence-electron chi connectivity index (χ2n) is 4.45. The molecule has 0 aliphatic rings. The van der Waals surface area contributed by atoms with Gasteiger partial charge < -0.3 is 9.73 Å². The molecule has 96 valence electrons. The molecule has 0 radical (unpaired) electrons. The minimum absolute atomic E-state index is 0.694. The zero-order valence-corrected chi connectivity index (χ0v) is 11.2. The Labute approximate surface area is 117 Å². The molecule has 2 aromatic carbocycles. The van der Waals surface area contributed by atoms with Gasteiger partial charge in [-0.3, -0.25) is 0 Å². The summed E-state index contributed by atoms with van der Waals surface area (Å²) in [5, 5.41) is 5.27. The van der Waals surface area contributed by atoms with Gasteiger partial charge in [-0.25, -0.2) is 0 Å². The Balaban J connectivity index is 1.65. The van der Waals surface area contributed by atoms with Crippen molar-refractivity contribution in [1.82, 2.24) is 5.32 Å². The molecule has 0 saturated heterocycles. The lowest BCUT2D eigenvalue weighted by atomic mass is 10.2. The van der Waals surface area contributed by atoms with Gasteiger partial charge in [0.1, 0.15) is 11.3 Å². The van der Waals surface area contributed by atoms with E-state index in [9.17, 15) is 0 Å². The number of benzene rings is 2.